The van der Waals surface area contributed by atoms with E-state index in [4.69, 9.17) is 0 Å². The van der Waals surface area contributed by atoms with Crippen molar-refractivity contribution < 1.29 is 14.0 Å². The van der Waals surface area contributed by atoms with Crippen molar-refractivity contribution in [1.82, 2.24) is 15.2 Å². The van der Waals surface area contributed by atoms with E-state index in [1.54, 1.807) is 26.0 Å². The van der Waals surface area contributed by atoms with Crippen molar-refractivity contribution in [3.8, 4) is 11.3 Å². The maximum Gasteiger partial charge on any atom is 0.278 e. The number of carbonyl (C=O) groups excluding carboxylic acids is 2. The minimum Gasteiger partial charge on any atom is -0.325 e. The van der Waals surface area contributed by atoms with Crippen LogP contribution in [0.1, 0.15) is 24.5 Å². The molecular formula is C22H22FN5O3S. The predicted molar refractivity (Wildman–Crippen MR) is 122 cm³/mol. The second-order valence-corrected chi connectivity index (χ2v) is 8.02. The van der Waals surface area contributed by atoms with E-state index in [9.17, 15) is 18.8 Å². The monoisotopic (exact) mass is 455 g/mol. The minimum absolute atomic E-state index is 0.0248. The zero-order valence-corrected chi connectivity index (χ0v) is 18.6. The molecule has 2 amide bonds. The summed E-state index contributed by atoms with van der Waals surface area (Å²) in [7, 11) is 0. The second-order valence-electron chi connectivity index (χ2n) is 7.05. The van der Waals surface area contributed by atoms with Crippen LogP contribution >= 0.6 is 11.8 Å². The zero-order chi connectivity index (χ0) is 23.3. The van der Waals surface area contributed by atoms with Gasteiger partial charge in [-0.2, -0.15) is 0 Å². The van der Waals surface area contributed by atoms with Gasteiger partial charge in [0.05, 0.1) is 11.4 Å². The number of nitrogens with zero attached hydrogens (tertiary/aromatic N) is 2. The number of thioether (sulfide) groups is 1. The summed E-state index contributed by atoms with van der Waals surface area (Å²) in [5, 5.41) is 13.7. The average molecular weight is 456 g/mol. The Morgan fingerprint density at radius 1 is 1.03 bits per heavy atom. The molecule has 166 valence electrons. The van der Waals surface area contributed by atoms with Crippen molar-refractivity contribution in [3.05, 3.63) is 63.7 Å². The molecule has 0 saturated carbocycles. The van der Waals surface area contributed by atoms with Gasteiger partial charge < -0.3 is 10.6 Å². The summed E-state index contributed by atoms with van der Waals surface area (Å²) in [6.45, 7) is 5.29. The minimum atomic E-state index is -0.491. The molecule has 0 radical (unpaired) electrons. The van der Waals surface area contributed by atoms with E-state index in [-0.39, 0.29) is 34.2 Å². The first kappa shape index (κ1) is 23.1. The molecule has 32 heavy (non-hydrogen) atoms. The number of aromatic nitrogens is 3. The lowest BCUT2D eigenvalue weighted by Gasteiger charge is -2.11. The Morgan fingerprint density at radius 2 is 1.75 bits per heavy atom. The lowest BCUT2D eigenvalue weighted by molar-refractivity contribution is -0.116. The number of anilines is 2. The van der Waals surface area contributed by atoms with E-state index in [0.717, 1.165) is 17.3 Å². The highest BCUT2D eigenvalue weighted by Gasteiger charge is 2.15. The van der Waals surface area contributed by atoms with Gasteiger partial charge in [-0.15, -0.1) is 10.2 Å². The molecule has 0 spiro atoms. The average Bonchev–Trinajstić information content (AvgIpc) is 2.75. The topological polar surface area (TPSA) is 117 Å². The Bertz CT molecular complexity index is 1230. The van der Waals surface area contributed by atoms with Crippen LogP contribution in [0.4, 0.5) is 15.8 Å². The highest BCUT2D eigenvalue weighted by molar-refractivity contribution is 7.99. The molecule has 0 saturated heterocycles. The van der Waals surface area contributed by atoms with E-state index in [2.05, 4.69) is 25.8 Å². The molecule has 0 aliphatic rings. The quantitative estimate of drug-likeness (QED) is 0.468. The number of halogens is 1. The van der Waals surface area contributed by atoms with Crippen LogP contribution < -0.4 is 16.2 Å². The first-order chi connectivity index (χ1) is 15.3. The van der Waals surface area contributed by atoms with Crippen LogP contribution in [0.3, 0.4) is 0 Å². The van der Waals surface area contributed by atoms with E-state index in [0.29, 0.717) is 28.9 Å². The first-order valence-electron chi connectivity index (χ1n) is 9.83. The lowest BCUT2D eigenvalue weighted by Crippen LogP contribution is -2.18. The molecule has 0 atom stereocenters. The number of rotatable bonds is 7. The molecule has 3 rings (SSSR count). The van der Waals surface area contributed by atoms with Crippen LogP contribution in [-0.4, -0.2) is 32.7 Å². The van der Waals surface area contributed by atoms with Crippen LogP contribution in [0, 0.1) is 19.7 Å². The van der Waals surface area contributed by atoms with Crippen LogP contribution in [0.2, 0.25) is 0 Å². The predicted octanol–water partition coefficient (Wildman–Crippen LogP) is 3.67. The summed E-state index contributed by atoms with van der Waals surface area (Å²) in [5.74, 6) is -0.925. The van der Waals surface area contributed by atoms with Gasteiger partial charge in [-0.1, -0.05) is 30.3 Å². The molecule has 1 aromatic heterocycles. The third-order valence-corrected chi connectivity index (χ3v) is 5.37. The van der Waals surface area contributed by atoms with E-state index in [1.807, 2.05) is 13.0 Å². The molecule has 2 aromatic carbocycles. The number of aryl methyl sites for hydroxylation is 2. The number of nitrogens with one attached hydrogen (secondary N) is 3. The van der Waals surface area contributed by atoms with Crippen molar-refractivity contribution in [3.63, 3.8) is 0 Å². The fraction of sp³-hybridized carbons (Fsp3) is 0.227. The van der Waals surface area contributed by atoms with Crippen LogP contribution in [0.15, 0.2) is 46.3 Å². The summed E-state index contributed by atoms with van der Waals surface area (Å²) in [6, 6.07) is 9.36. The van der Waals surface area contributed by atoms with Gasteiger partial charge >= 0.3 is 0 Å². The summed E-state index contributed by atoms with van der Waals surface area (Å²) in [4.78, 5) is 39.3. The Labute approximate surface area is 188 Å². The second kappa shape index (κ2) is 10.2. The van der Waals surface area contributed by atoms with Gasteiger partial charge in [-0.25, -0.2) is 4.39 Å². The number of amides is 2. The normalized spacial score (nSPS) is 10.6. The molecule has 0 bridgehead atoms. The van der Waals surface area contributed by atoms with E-state index < -0.39 is 5.56 Å². The summed E-state index contributed by atoms with van der Waals surface area (Å²) >= 11 is 1.01. The first-order valence-corrected chi connectivity index (χ1v) is 10.8. The number of aromatic amines is 1. The Balaban J connectivity index is 1.73. The summed E-state index contributed by atoms with van der Waals surface area (Å²) in [5.41, 5.74) is 2.50. The van der Waals surface area contributed by atoms with Crippen LogP contribution in [0.25, 0.3) is 11.3 Å². The Hall–Kier alpha value is -3.53. The number of benzene rings is 2. The highest BCUT2D eigenvalue weighted by Crippen LogP contribution is 2.26. The molecule has 8 nitrogen and oxygen atoms in total. The molecule has 3 N–H and O–H groups in total. The Morgan fingerprint density at radius 3 is 2.44 bits per heavy atom. The van der Waals surface area contributed by atoms with E-state index in [1.165, 1.54) is 18.2 Å². The SMILES string of the molecule is CCC(=O)Nc1ccc(C)cc1-c1nnc(SCC(=O)Nc2ccc(F)cc2C)[nH]c1=O. The largest absolute Gasteiger partial charge is 0.325 e. The van der Waals surface area contributed by atoms with Crippen molar-refractivity contribution in [1.29, 1.82) is 0 Å². The number of carbonyl (C=O) groups is 2. The van der Waals surface area contributed by atoms with Crippen molar-refractivity contribution in [2.75, 3.05) is 16.4 Å². The summed E-state index contributed by atoms with van der Waals surface area (Å²) < 4.78 is 13.2. The summed E-state index contributed by atoms with van der Waals surface area (Å²) in [6.07, 6.45) is 0.296. The fourth-order valence-electron chi connectivity index (χ4n) is 2.85. The standard InChI is InChI=1S/C22H22FN5O3S/c1-4-18(29)25-17-7-5-12(2)9-15(17)20-21(31)26-22(28-27-20)32-11-19(30)24-16-8-6-14(23)10-13(16)3/h5-10H,4,11H2,1-3H3,(H,24,30)(H,25,29)(H,26,28,31). The van der Waals surface area contributed by atoms with Gasteiger partial charge in [0.25, 0.3) is 5.56 Å². The highest BCUT2D eigenvalue weighted by atomic mass is 32.2. The van der Waals surface area contributed by atoms with Gasteiger partial charge in [0.2, 0.25) is 11.8 Å². The molecule has 0 fully saturated rings. The van der Waals surface area contributed by atoms with Crippen molar-refractivity contribution >= 4 is 35.0 Å². The van der Waals surface area contributed by atoms with Crippen LogP contribution in [-0.2, 0) is 9.59 Å². The van der Waals surface area contributed by atoms with Crippen molar-refractivity contribution in [2.45, 2.75) is 32.3 Å². The number of H-pyrrole nitrogens is 1. The van der Waals surface area contributed by atoms with Crippen LogP contribution in [0.5, 0.6) is 0 Å². The molecule has 3 aromatic rings. The number of hydrogen-bond acceptors (Lipinski definition) is 6. The third kappa shape index (κ3) is 5.79. The molecule has 0 aliphatic carbocycles. The van der Waals surface area contributed by atoms with Gasteiger partial charge in [-0.05, 0) is 49.7 Å². The van der Waals surface area contributed by atoms with Crippen molar-refractivity contribution in [2.24, 2.45) is 0 Å². The van der Waals surface area contributed by atoms with Gasteiger partial charge in [0, 0.05) is 17.7 Å². The maximum atomic E-state index is 13.2. The van der Waals surface area contributed by atoms with Gasteiger partial charge in [0.15, 0.2) is 10.9 Å². The third-order valence-electron chi connectivity index (χ3n) is 4.50. The van der Waals surface area contributed by atoms with E-state index >= 15 is 0 Å². The zero-order valence-electron chi connectivity index (χ0n) is 17.8. The lowest BCUT2D eigenvalue weighted by atomic mass is 10.1. The van der Waals surface area contributed by atoms with Gasteiger partial charge in [0.1, 0.15) is 5.82 Å². The fourth-order valence-corrected chi connectivity index (χ4v) is 3.46. The molecule has 1 heterocycles. The molecule has 10 heteroatoms. The Kier molecular flexibility index (Phi) is 7.37. The smallest absolute Gasteiger partial charge is 0.278 e. The molecule has 0 aliphatic heterocycles. The maximum absolute atomic E-state index is 13.2. The van der Waals surface area contributed by atoms with Gasteiger partial charge in [-0.3, -0.25) is 19.4 Å². The molecule has 0 unspecified atom stereocenters. The molecular weight excluding hydrogens is 433 g/mol. The number of hydrogen-bond donors (Lipinski definition) is 3.